The van der Waals surface area contributed by atoms with Crippen LogP contribution in [0.3, 0.4) is 0 Å². The Morgan fingerprint density at radius 3 is 2.18 bits per heavy atom. The molecule has 0 aliphatic heterocycles. The van der Waals surface area contributed by atoms with Crippen LogP contribution < -0.4 is 10.6 Å². The predicted octanol–water partition coefficient (Wildman–Crippen LogP) is 3.03. The Hall–Kier alpha value is -2.29. The van der Waals surface area contributed by atoms with Crippen molar-refractivity contribution in [1.82, 2.24) is 0 Å². The summed E-state index contributed by atoms with van der Waals surface area (Å²) in [6.45, 7) is 2.01. The summed E-state index contributed by atoms with van der Waals surface area (Å²) in [4.78, 5) is 1.73. The number of guanidine groups is 1. The molecule has 0 amide bonds. The standard InChI is InChI=1S/C14H15N3/c1-11-7-5-6-10-13(11)17(14(15)16)12-8-3-2-4-9-12/h2-10H,1H3,(H3,15,16). The van der Waals surface area contributed by atoms with Crippen LogP contribution in [0.15, 0.2) is 54.6 Å². The van der Waals surface area contributed by atoms with E-state index in [4.69, 9.17) is 11.1 Å². The lowest BCUT2D eigenvalue weighted by molar-refractivity contribution is 1.23. The van der Waals surface area contributed by atoms with Crippen molar-refractivity contribution < 1.29 is 0 Å². The summed E-state index contributed by atoms with van der Waals surface area (Å²) < 4.78 is 0. The van der Waals surface area contributed by atoms with Gasteiger partial charge in [-0.1, -0.05) is 36.4 Å². The van der Waals surface area contributed by atoms with Crippen LogP contribution in [0, 0.1) is 12.3 Å². The number of nitrogens with one attached hydrogen (secondary N) is 1. The molecule has 0 fully saturated rings. The number of nitrogens with zero attached hydrogens (tertiary/aromatic N) is 1. The van der Waals surface area contributed by atoms with E-state index in [0.29, 0.717) is 0 Å². The molecule has 86 valence electrons. The Balaban J connectivity index is 2.51. The molecule has 0 saturated heterocycles. The first kappa shape index (κ1) is 11.2. The lowest BCUT2D eigenvalue weighted by Gasteiger charge is -2.24. The van der Waals surface area contributed by atoms with Crippen molar-refractivity contribution >= 4 is 17.3 Å². The van der Waals surface area contributed by atoms with Crippen LogP contribution in [0.4, 0.5) is 11.4 Å². The molecule has 0 unspecified atom stereocenters. The number of anilines is 2. The molecule has 0 aromatic heterocycles. The van der Waals surface area contributed by atoms with E-state index < -0.39 is 0 Å². The third-order valence-corrected chi connectivity index (χ3v) is 2.61. The minimum Gasteiger partial charge on any atom is -0.369 e. The molecule has 0 radical (unpaired) electrons. The Kier molecular flexibility index (Phi) is 3.10. The molecule has 0 atom stereocenters. The molecule has 0 saturated carbocycles. The molecule has 0 heterocycles. The summed E-state index contributed by atoms with van der Waals surface area (Å²) in [6.07, 6.45) is 0. The van der Waals surface area contributed by atoms with Gasteiger partial charge in [-0.05, 0) is 30.7 Å². The first-order valence-electron chi connectivity index (χ1n) is 5.45. The zero-order chi connectivity index (χ0) is 12.3. The Morgan fingerprint density at radius 1 is 1.00 bits per heavy atom. The molecule has 0 bridgehead atoms. The highest BCUT2D eigenvalue weighted by molar-refractivity contribution is 6.00. The third kappa shape index (κ3) is 2.28. The maximum Gasteiger partial charge on any atom is 0.197 e. The van der Waals surface area contributed by atoms with Gasteiger partial charge in [0.1, 0.15) is 0 Å². The average Bonchev–Trinajstić information content (AvgIpc) is 2.33. The summed E-state index contributed by atoms with van der Waals surface area (Å²) in [5, 5.41) is 7.73. The van der Waals surface area contributed by atoms with E-state index in [-0.39, 0.29) is 5.96 Å². The topological polar surface area (TPSA) is 53.1 Å². The van der Waals surface area contributed by atoms with Crippen molar-refractivity contribution in [3.63, 3.8) is 0 Å². The first-order valence-corrected chi connectivity index (χ1v) is 5.45. The van der Waals surface area contributed by atoms with E-state index in [0.717, 1.165) is 16.9 Å². The molecular weight excluding hydrogens is 210 g/mol. The van der Waals surface area contributed by atoms with Gasteiger partial charge in [0.2, 0.25) is 0 Å². The Bertz CT molecular complexity index is 520. The van der Waals surface area contributed by atoms with Gasteiger partial charge in [-0.3, -0.25) is 10.3 Å². The Labute approximate surface area is 101 Å². The van der Waals surface area contributed by atoms with Gasteiger partial charge in [-0.25, -0.2) is 0 Å². The summed E-state index contributed by atoms with van der Waals surface area (Å²) in [6, 6.07) is 17.6. The van der Waals surface area contributed by atoms with Gasteiger partial charge in [-0.15, -0.1) is 0 Å². The van der Waals surface area contributed by atoms with Gasteiger partial charge in [-0.2, -0.15) is 0 Å². The second-order valence-corrected chi connectivity index (χ2v) is 3.84. The maximum absolute atomic E-state index is 7.73. The molecule has 0 spiro atoms. The highest BCUT2D eigenvalue weighted by Crippen LogP contribution is 2.27. The molecular formula is C14H15N3. The van der Waals surface area contributed by atoms with E-state index in [1.807, 2.05) is 61.5 Å². The molecule has 3 N–H and O–H groups in total. The van der Waals surface area contributed by atoms with Gasteiger partial charge in [0.05, 0.1) is 5.69 Å². The molecule has 17 heavy (non-hydrogen) atoms. The van der Waals surface area contributed by atoms with Gasteiger partial charge < -0.3 is 5.73 Å². The van der Waals surface area contributed by atoms with Crippen molar-refractivity contribution in [3.8, 4) is 0 Å². The number of nitrogens with two attached hydrogens (primary N) is 1. The highest BCUT2D eigenvalue weighted by atomic mass is 15.2. The van der Waals surface area contributed by atoms with E-state index in [2.05, 4.69) is 0 Å². The van der Waals surface area contributed by atoms with Crippen LogP contribution in [0.1, 0.15) is 5.56 Å². The normalized spacial score (nSPS) is 9.94. The van der Waals surface area contributed by atoms with Crippen molar-refractivity contribution in [1.29, 1.82) is 5.41 Å². The monoisotopic (exact) mass is 225 g/mol. The van der Waals surface area contributed by atoms with Crippen molar-refractivity contribution in [2.75, 3.05) is 4.90 Å². The lowest BCUT2D eigenvalue weighted by Crippen LogP contribution is -2.32. The van der Waals surface area contributed by atoms with Gasteiger partial charge in [0.15, 0.2) is 5.96 Å². The van der Waals surface area contributed by atoms with Gasteiger partial charge in [0.25, 0.3) is 0 Å². The highest BCUT2D eigenvalue weighted by Gasteiger charge is 2.13. The van der Waals surface area contributed by atoms with Crippen LogP contribution >= 0.6 is 0 Å². The molecule has 3 nitrogen and oxygen atoms in total. The van der Waals surface area contributed by atoms with E-state index in [9.17, 15) is 0 Å². The van der Waals surface area contributed by atoms with Crippen LogP contribution in [-0.4, -0.2) is 5.96 Å². The number of benzene rings is 2. The quantitative estimate of drug-likeness (QED) is 0.609. The number of hydrogen-bond acceptors (Lipinski definition) is 1. The maximum atomic E-state index is 7.73. The smallest absolute Gasteiger partial charge is 0.197 e. The second kappa shape index (κ2) is 4.70. The van der Waals surface area contributed by atoms with Crippen LogP contribution in [0.2, 0.25) is 0 Å². The molecule has 3 heteroatoms. The summed E-state index contributed by atoms with van der Waals surface area (Å²) in [5.74, 6) is 0.0190. The Morgan fingerprint density at radius 2 is 1.59 bits per heavy atom. The van der Waals surface area contributed by atoms with E-state index in [1.54, 1.807) is 4.90 Å². The molecule has 0 aliphatic rings. The first-order chi connectivity index (χ1) is 8.20. The number of hydrogen-bond donors (Lipinski definition) is 2. The van der Waals surface area contributed by atoms with Crippen molar-refractivity contribution in [3.05, 3.63) is 60.2 Å². The minimum atomic E-state index is 0.0190. The SMILES string of the molecule is Cc1ccccc1N(C(=N)N)c1ccccc1. The van der Waals surface area contributed by atoms with Crippen LogP contribution in [-0.2, 0) is 0 Å². The van der Waals surface area contributed by atoms with Crippen LogP contribution in [0.5, 0.6) is 0 Å². The van der Waals surface area contributed by atoms with Crippen molar-refractivity contribution in [2.24, 2.45) is 5.73 Å². The third-order valence-electron chi connectivity index (χ3n) is 2.61. The molecule has 2 rings (SSSR count). The van der Waals surface area contributed by atoms with Gasteiger partial charge in [0, 0.05) is 5.69 Å². The van der Waals surface area contributed by atoms with E-state index in [1.165, 1.54) is 0 Å². The zero-order valence-corrected chi connectivity index (χ0v) is 9.72. The fourth-order valence-electron chi connectivity index (χ4n) is 1.80. The molecule has 0 aliphatic carbocycles. The van der Waals surface area contributed by atoms with Gasteiger partial charge >= 0.3 is 0 Å². The largest absolute Gasteiger partial charge is 0.369 e. The lowest BCUT2D eigenvalue weighted by atomic mass is 10.1. The summed E-state index contributed by atoms with van der Waals surface area (Å²) in [5.41, 5.74) is 8.60. The predicted molar refractivity (Wildman–Crippen MR) is 71.7 cm³/mol. The second-order valence-electron chi connectivity index (χ2n) is 3.84. The van der Waals surface area contributed by atoms with E-state index >= 15 is 0 Å². The fourth-order valence-corrected chi connectivity index (χ4v) is 1.80. The zero-order valence-electron chi connectivity index (χ0n) is 9.72. The molecule has 2 aromatic carbocycles. The fraction of sp³-hybridized carbons (Fsp3) is 0.0714. The molecule has 2 aromatic rings. The number of rotatable bonds is 2. The van der Waals surface area contributed by atoms with Crippen LogP contribution in [0.25, 0.3) is 0 Å². The average molecular weight is 225 g/mol. The summed E-state index contributed by atoms with van der Waals surface area (Å²) in [7, 11) is 0. The van der Waals surface area contributed by atoms with Crippen molar-refractivity contribution in [2.45, 2.75) is 6.92 Å². The number of aryl methyl sites for hydroxylation is 1. The minimum absolute atomic E-state index is 0.0190. The number of para-hydroxylation sites is 2. The summed E-state index contributed by atoms with van der Waals surface area (Å²) >= 11 is 0.